The minimum atomic E-state index is -0.573. The summed E-state index contributed by atoms with van der Waals surface area (Å²) in [5.74, 6) is -0.236. The quantitative estimate of drug-likeness (QED) is 0.652. The molecule has 0 radical (unpaired) electrons. The molecule has 4 heterocycles. The maximum Gasteiger partial charge on any atom is 0.410 e. The number of rotatable bonds is 3. The van der Waals surface area contributed by atoms with E-state index in [0.29, 0.717) is 26.1 Å². The first-order valence-electron chi connectivity index (χ1n) is 11.3. The van der Waals surface area contributed by atoms with E-state index in [0.717, 1.165) is 30.8 Å². The molecular weight excluding hydrogens is 414 g/mol. The van der Waals surface area contributed by atoms with Gasteiger partial charge in [0.1, 0.15) is 11.6 Å². The van der Waals surface area contributed by atoms with Crippen molar-refractivity contribution < 1.29 is 23.9 Å². The summed E-state index contributed by atoms with van der Waals surface area (Å²) in [6, 6.07) is -0.502. The largest absolute Gasteiger partial charge is 0.468 e. The molecular formula is C22H33N5O5. The fourth-order valence-electron chi connectivity index (χ4n) is 5.09. The highest BCUT2D eigenvalue weighted by Crippen LogP contribution is 2.36. The van der Waals surface area contributed by atoms with Gasteiger partial charge in [-0.25, -0.2) is 4.79 Å². The van der Waals surface area contributed by atoms with Gasteiger partial charge >= 0.3 is 12.1 Å². The number of nitrogens with zero attached hydrogens (tertiary/aromatic N) is 5. The van der Waals surface area contributed by atoms with Crippen molar-refractivity contribution in [1.29, 1.82) is 0 Å². The van der Waals surface area contributed by atoms with Crippen LogP contribution in [0.2, 0.25) is 0 Å². The van der Waals surface area contributed by atoms with Gasteiger partial charge in [0.2, 0.25) is 5.91 Å². The van der Waals surface area contributed by atoms with E-state index >= 15 is 0 Å². The first kappa shape index (κ1) is 22.6. The Morgan fingerprint density at radius 3 is 2.62 bits per heavy atom. The summed E-state index contributed by atoms with van der Waals surface area (Å²) >= 11 is 0. The third-order valence-electron chi connectivity index (χ3n) is 6.57. The van der Waals surface area contributed by atoms with Crippen molar-refractivity contribution in [2.75, 3.05) is 25.1 Å². The molecule has 0 saturated carbocycles. The van der Waals surface area contributed by atoms with Crippen LogP contribution in [0.15, 0.2) is 6.20 Å². The predicted molar refractivity (Wildman–Crippen MR) is 116 cm³/mol. The van der Waals surface area contributed by atoms with Crippen LogP contribution in [0.5, 0.6) is 0 Å². The smallest absolute Gasteiger partial charge is 0.410 e. The number of esters is 1. The summed E-state index contributed by atoms with van der Waals surface area (Å²) in [6.45, 7) is 9.70. The van der Waals surface area contributed by atoms with Crippen molar-refractivity contribution >= 4 is 23.7 Å². The zero-order valence-electron chi connectivity index (χ0n) is 19.5. The van der Waals surface area contributed by atoms with Gasteiger partial charge in [-0.05, 0) is 47.1 Å². The molecule has 0 bridgehead atoms. The van der Waals surface area contributed by atoms with E-state index < -0.39 is 5.60 Å². The average Bonchev–Trinajstić information content (AvgIpc) is 3.43. The van der Waals surface area contributed by atoms with Gasteiger partial charge in [0.15, 0.2) is 0 Å². The highest BCUT2D eigenvalue weighted by Gasteiger charge is 2.47. The Morgan fingerprint density at radius 1 is 1.19 bits per heavy atom. The Bertz CT molecular complexity index is 907. The van der Waals surface area contributed by atoms with Crippen molar-refractivity contribution in [3.05, 3.63) is 11.9 Å². The summed E-state index contributed by atoms with van der Waals surface area (Å²) in [5, 5.41) is 4.47. The molecule has 1 aromatic rings. The topological polar surface area (TPSA) is 97.2 Å². The Kier molecular flexibility index (Phi) is 5.91. The van der Waals surface area contributed by atoms with Gasteiger partial charge in [-0.1, -0.05) is 0 Å². The lowest BCUT2D eigenvalue weighted by Gasteiger charge is -2.34. The number of hydrogen-bond donors (Lipinski definition) is 0. The van der Waals surface area contributed by atoms with E-state index in [9.17, 15) is 14.4 Å². The molecule has 0 aromatic carbocycles. The number of aromatic nitrogens is 2. The minimum absolute atomic E-state index is 0.00297. The molecule has 2 amide bonds. The van der Waals surface area contributed by atoms with E-state index in [4.69, 9.17) is 9.47 Å². The average molecular weight is 448 g/mol. The molecule has 10 nitrogen and oxygen atoms in total. The zero-order chi connectivity index (χ0) is 23.2. The Hall–Kier alpha value is -2.62. The van der Waals surface area contributed by atoms with Crippen LogP contribution in [0.25, 0.3) is 0 Å². The molecule has 3 aliphatic heterocycles. The van der Waals surface area contributed by atoms with Gasteiger partial charge in [-0.3, -0.25) is 19.2 Å². The summed E-state index contributed by atoms with van der Waals surface area (Å²) in [7, 11) is 1.41. The van der Waals surface area contributed by atoms with Gasteiger partial charge in [0, 0.05) is 19.0 Å². The van der Waals surface area contributed by atoms with Gasteiger partial charge in [0.25, 0.3) is 0 Å². The second-order valence-corrected chi connectivity index (χ2v) is 9.80. The van der Waals surface area contributed by atoms with E-state index in [-0.39, 0.29) is 36.1 Å². The molecule has 176 valence electrons. The van der Waals surface area contributed by atoms with Gasteiger partial charge in [0.05, 0.1) is 43.8 Å². The lowest BCUT2D eigenvalue weighted by Crippen LogP contribution is -2.49. The number of hydrogen-bond acceptors (Lipinski definition) is 7. The van der Waals surface area contributed by atoms with Crippen LogP contribution in [-0.4, -0.2) is 81.5 Å². The van der Waals surface area contributed by atoms with Crippen LogP contribution in [0.3, 0.4) is 0 Å². The molecule has 3 atom stereocenters. The first-order valence-corrected chi connectivity index (χ1v) is 11.3. The zero-order valence-corrected chi connectivity index (χ0v) is 19.5. The molecule has 0 N–H and O–H groups in total. The third-order valence-corrected chi connectivity index (χ3v) is 6.57. The van der Waals surface area contributed by atoms with Crippen LogP contribution in [0, 0.1) is 0 Å². The van der Waals surface area contributed by atoms with Crippen molar-refractivity contribution in [1.82, 2.24) is 19.6 Å². The summed E-state index contributed by atoms with van der Waals surface area (Å²) in [5.41, 5.74) is 0.983. The molecule has 32 heavy (non-hydrogen) atoms. The molecule has 0 aliphatic carbocycles. The predicted octanol–water partition coefficient (Wildman–Crippen LogP) is 1.76. The maximum absolute atomic E-state index is 13.1. The van der Waals surface area contributed by atoms with Crippen LogP contribution in [0.4, 0.5) is 10.5 Å². The summed E-state index contributed by atoms with van der Waals surface area (Å²) in [6.07, 6.45) is 3.35. The Morgan fingerprint density at radius 2 is 1.94 bits per heavy atom. The lowest BCUT2D eigenvalue weighted by atomic mass is 10.1. The maximum atomic E-state index is 13.1. The minimum Gasteiger partial charge on any atom is -0.468 e. The second-order valence-electron chi connectivity index (χ2n) is 9.80. The standard InChI is InChI=1S/C22H33N5O5/c1-14-16(25-8-6-7-15(25)20(29)31-5)11-19(28)27(14)17-12-23-26-10-9-24(13-18(17)26)21(30)32-22(2,3)4/h12,14-16H,6-11,13H2,1-5H3/t14-,15-,16?/m0/s1. The number of likely N-dealkylation sites (tertiary alicyclic amines) is 1. The summed E-state index contributed by atoms with van der Waals surface area (Å²) < 4.78 is 12.4. The monoisotopic (exact) mass is 447 g/mol. The first-order chi connectivity index (χ1) is 15.1. The SMILES string of the molecule is COC(=O)[C@@H]1CCCN1C1CC(=O)N(c2cnn3c2CN(C(=O)OC(C)(C)C)CC3)[C@H]1C. The highest BCUT2D eigenvalue weighted by molar-refractivity contribution is 5.97. The molecule has 1 unspecified atom stereocenters. The molecule has 10 heteroatoms. The van der Waals surface area contributed by atoms with Gasteiger partial charge < -0.3 is 19.3 Å². The molecule has 3 aliphatic rings. The van der Waals surface area contributed by atoms with Gasteiger partial charge in [-0.2, -0.15) is 5.10 Å². The van der Waals surface area contributed by atoms with E-state index in [1.54, 1.807) is 16.0 Å². The molecule has 2 saturated heterocycles. The molecule has 0 spiro atoms. The van der Waals surface area contributed by atoms with Crippen LogP contribution in [-0.2, 0) is 32.2 Å². The van der Waals surface area contributed by atoms with Crippen molar-refractivity contribution in [3.8, 4) is 0 Å². The van der Waals surface area contributed by atoms with Crippen molar-refractivity contribution in [3.63, 3.8) is 0 Å². The van der Waals surface area contributed by atoms with E-state index in [1.807, 2.05) is 32.4 Å². The Labute approximate surface area is 188 Å². The van der Waals surface area contributed by atoms with Gasteiger partial charge in [-0.15, -0.1) is 0 Å². The fraction of sp³-hybridized carbons (Fsp3) is 0.727. The highest BCUT2D eigenvalue weighted by atomic mass is 16.6. The number of ether oxygens (including phenoxy) is 2. The number of carbonyl (C=O) groups excluding carboxylic acids is 3. The number of methoxy groups -OCH3 is 1. The number of fused-ring (bicyclic) bond motifs is 1. The van der Waals surface area contributed by atoms with Crippen LogP contribution >= 0.6 is 0 Å². The number of anilines is 1. The fourth-order valence-corrected chi connectivity index (χ4v) is 5.09. The number of amides is 2. The Balaban J connectivity index is 1.54. The third kappa shape index (κ3) is 4.07. The lowest BCUT2D eigenvalue weighted by molar-refractivity contribution is -0.146. The summed E-state index contributed by atoms with van der Waals surface area (Å²) in [4.78, 5) is 43.5. The normalized spacial score (nSPS) is 26.4. The second kappa shape index (κ2) is 8.38. The van der Waals surface area contributed by atoms with E-state index in [2.05, 4.69) is 10.00 Å². The van der Waals surface area contributed by atoms with Crippen molar-refractivity contribution in [2.45, 2.75) is 83.8 Å². The molecule has 4 rings (SSSR count). The molecule has 1 aromatic heterocycles. The molecule has 2 fully saturated rings. The van der Waals surface area contributed by atoms with Crippen molar-refractivity contribution in [2.24, 2.45) is 0 Å². The number of carbonyl (C=O) groups is 3. The van der Waals surface area contributed by atoms with Crippen LogP contribution < -0.4 is 4.90 Å². The van der Waals surface area contributed by atoms with E-state index in [1.165, 1.54) is 7.11 Å². The van der Waals surface area contributed by atoms with Crippen LogP contribution in [0.1, 0.15) is 52.7 Å².